The molecular formula is C34H51NO. The largest absolute Gasteiger partial charge is 0.513 e. The highest BCUT2D eigenvalue weighted by Crippen LogP contribution is 2.36. The highest BCUT2D eigenvalue weighted by Gasteiger charge is 2.24. The van der Waals surface area contributed by atoms with E-state index >= 15 is 0 Å². The summed E-state index contributed by atoms with van der Waals surface area (Å²) < 4.78 is 0. The quantitative estimate of drug-likeness (QED) is 0.174. The maximum absolute atomic E-state index is 9.84. The third-order valence-corrected chi connectivity index (χ3v) is 8.40. The first kappa shape index (κ1) is 28.4. The fourth-order valence-electron chi connectivity index (χ4n) is 6.19. The van der Waals surface area contributed by atoms with Crippen LogP contribution in [-0.4, -0.2) is 11.1 Å². The first-order valence-electron chi connectivity index (χ1n) is 14.7. The van der Waals surface area contributed by atoms with Crippen LogP contribution in [0, 0.1) is 12.8 Å². The Kier molecular flexibility index (Phi) is 11.0. The van der Waals surface area contributed by atoms with Crippen molar-refractivity contribution in [3.05, 3.63) is 81.8 Å². The van der Waals surface area contributed by atoms with Crippen molar-refractivity contribution in [1.82, 2.24) is 5.32 Å². The highest BCUT2D eigenvalue weighted by molar-refractivity contribution is 5.44. The van der Waals surface area contributed by atoms with Crippen LogP contribution >= 0.6 is 0 Å². The Morgan fingerprint density at radius 3 is 2.64 bits per heavy atom. The molecule has 0 amide bonds. The van der Waals surface area contributed by atoms with Gasteiger partial charge >= 0.3 is 0 Å². The van der Waals surface area contributed by atoms with Crippen molar-refractivity contribution in [2.75, 3.05) is 0 Å². The van der Waals surface area contributed by atoms with Crippen molar-refractivity contribution in [2.45, 2.75) is 124 Å². The molecule has 0 radical (unpaired) electrons. The molecule has 198 valence electrons. The van der Waals surface area contributed by atoms with Crippen molar-refractivity contribution < 1.29 is 5.11 Å². The first-order valence-corrected chi connectivity index (χ1v) is 14.7. The molecule has 1 heterocycles. The molecule has 1 aromatic rings. The number of rotatable bonds is 12. The molecule has 2 nitrogen and oxygen atoms in total. The van der Waals surface area contributed by atoms with Crippen molar-refractivity contribution in [1.29, 1.82) is 0 Å². The van der Waals surface area contributed by atoms with Crippen LogP contribution in [0.3, 0.4) is 0 Å². The summed E-state index contributed by atoms with van der Waals surface area (Å²) in [4.78, 5) is 0. The molecule has 1 aromatic carbocycles. The zero-order valence-corrected chi connectivity index (χ0v) is 23.8. The summed E-state index contributed by atoms with van der Waals surface area (Å²) in [5, 5.41) is 13.5. The van der Waals surface area contributed by atoms with Crippen molar-refractivity contribution in [3.8, 4) is 0 Å². The van der Waals surface area contributed by atoms with Crippen LogP contribution in [0.5, 0.6) is 0 Å². The molecule has 2 N–H and O–H groups in total. The van der Waals surface area contributed by atoms with Crippen LogP contribution < -0.4 is 5.32 Å². The molecule has 0 spiro atoms. The van der Waals surface area contributed by atoms with Crippen LogP contribution in [0.4, 0.5) is 0 Å². The second-order valence-electron chi connectivity index (χ2n) is 11.3. The van der Waals surface area contributed by atoms with Gasteiger partial charge in [0, 0.05) is 23.6 Å². The van der Waals surface area contributed by atoms with Gasteiger partial charge in [0.15, 0.2) is 0 Å². The van der Waals surface area contributed by atoms with Gasteiger partial charge in [-0.05, 0) is 106 Å². The fraction of sp³-hybridized carbons (Fsp3) is 0.588. The van der Waals surface area contributed by atoms with Gasteiger partial charge < -0.3 is 10.4 Å². The molecule has 0 saturated carbocycles. The van der Waals surface area contributed by atoms with E-state index in [1.54, 1.807) is 16.7 Å². The average Bonchev–Trinajstić information content (AvgIpc) is 2.86. The molecule has 0 bridgehead atoms. The summed E-state index contributed by atoms with van der Waals surface area (Å²) in [7, 11) is 0. The molecule has 0 aromatic heterocycles. The Morgan fingerprint density at radius 1 is 1.14 bits per heavy atom. The molecule has 1 aliphatic carbocycles. The van der Waals surface area contributed by atoms with Gasteiger partial charge in [-0.15, -0.1) is 0 Å². The van der Waals surface area contributed by atoms with Gasteiger partial charge in [0.25, 0.3) is 0 Å². The zero-order valence-electron chi connectivity index (χ0n) is 23.8. The van der Waals surface area contributed by atoms with E-state index in [9.17, 15) is 5.11 Å². The normalized spacial score (nSPS) is 21.4. The number of nitrogens with one attached hydrogen (secondary N) is 1. The van der Waals surface area contributed by atoms with E-state index in [0.29, 0.717) is 5.92 Å². The summed E-state index contributed by atoms with van der Waals surface area (Å²) in [5.41, 5.74) is 10.5. The maximum atomic E-state index is 9.84. The summed E-state index contributed by atoms with van der Waals surface area (Å²) >= 11 is 0. The second kappa shape index (κ2) is 13.9. The van der Waals surface area contributed by atoms with E-state index < -0.39 is 0 Å². The van der Waals surface area contributed by atoms with Crippen LogP contribution in [0.2, 0.25) is 0 Å². The number of unbranched alkanes of at least 4 members (excludes halogenated alkanes) is 2. The monoisotopic (exact) mass is 489 g/mol. The highest BCUT2D eigenvalue weighted by atomic mass is 16.3. The van der Waals surface area contributed by atoms with Gasteiger partial charge in [0.1, 0.15) is 0 Å². The van der Waals surface area contributed by atoms with Crippen LogP contribution in [0.1, 0.15) is 120 Å². The fourth-order valence-corrected chi connectivity index (χ4v) is 6.19. The van der Waals surface area contributed by atoms with Gasteiger partial charge in [-0.1, -0.05) is 76.1 Å². The standard InChI is InChI=1S/C34H51NO/c1-7-9-10-15-28-22-25(4)34(30-18-13-14-24(3)21-30)31(23-28)17-12-11-16-29-19-20-33(26(5)27(6)36)35-32(29)8-2/h11,16,21-23,26,30,33,35-36H,6-10,12-15,17-20H2,1-5H3/b16-11+. The third-order valence-electron chi connectivity index (χ3n) is 8.40. The van der Waals surface area contributed by atoms with E-state index in [1.165, 1.54) is 67.3 Å². The Labute approximate surface area is 221 Å². The molecule has 2 heteroatoms. The molecule has 0 saturated heterocycles. The van der Waals surface area contributed by atoms with Gasteiger partial charge in [0.05, 0.1) is 5.76 Å². The van der Waals surface area contributed by atoms with E-state index in [4.69, 9.17) is 0 Å². The van der Waals surface area contributed by atoms with Crippen molar-refractivity contribution in [2.24, 2.45) is 5.92 Å². The topological polar surface area (TPSA) is 32.3 Å². The number of benzene rings is 1. The minimum absolute atomic E-state index is 0.0841. The number of allylic oxidation sites excluding steroid dienone is 6. The van der Waals surface area contributed by atoms with Crippen LogP contribution in [0.25, 0.3) is 0 Å². The van der Waals surface area contributed by atoms with E-state index in [0.717, 1.165) is 32.1 Å². The smallest absolute Gasteiger partial charge is 0.0899 e. The molecule has 3 atom stereocenters. The predicted octanol–water partition coefficient (Wildman–Crippen LogP) is 9.55. The molecule has 3 unspecified atom stereocenters. The van der Waals surface area contributed by atoms with Gasteiger partial charge in [-0.3, -0.25) is 0 Å². The van der Waals surface area contributed by atoms with Crippen molar-refractivity contribution >= 4 is 0 Å². The molecule has 36 heavy (non-hydrogen) atoms. The lowest BCUT2D eigenvalue weighted by atomic mass is 9.80. The average molecular weight is 490 g/mol. The predicted molar refractivity (Wildman–Crippen MR) is 157 cm³/mol. The SMILES string of the molecule is C=C(O)C(C)C1CCC(/C=C/CCc2cc(CCCCC)cc(C)c2C2C=C(C)CCC2)=C(CC)N1. The molecular weight excluding hydrogens is 438 g/mol. The van der Waals surface area contributed by atoms with Gasteiger partial charge in [-0.2, -0.15) is 0 Å². The number of aliphatic hydroxyl groups is 1. The number of hydrogen-bond acceptors (Lipinski definition) is 2. The number of aryl methyl sites for hydroxylation is 3. The molecule has 0 fully saturated rings. The van der Waals surface area contributed by atoms with E-state index in [-0.39, 0.29) is 17.7 Å². The lowest BCUT2D eigenvalue weighted by Gasteiger charge is -2.32. The lowest BCUT2D eigenvalue weighted by Crippen LogP contribution is -2.38. The molecule has 3 rings (SSSR count). The molecule has 1 aliphatic heterocycles. The van der Waals surface area contributed by atoms with Crippen molar-refractivity contribution in [3.63, 3.8) is 0 Å². The van der Waals surface area contributed by atoms with E-state index in [2.05, 4.69) is 76.9 Å². The summed E-state index contributed by atoms with van der Waals surface area (Å²) in [6.45, 7) is 15.0. The first-order chi connectivity index (χ1) is 17.3. The number of hydrogen-bond donors (Lipinski definition) is 2. The van der Waals surface area contributed by atoms with E-state index in [1.807, 2.05) is 0 Å². The Morgan fingerprint density at radius 2 is 1.94 bits per heavy atom. The lowest BCUT2D eigenvalue weighted by molar-refractivity contribution is 0.284. The zero-order chi connectivity index (χ0) is 26.1. The minimum Gasteiger partial charge on any atom is -0.513 e. The maximum Gasteiger partial charge on any atom is 0.0899 e. The summed E-state index contributed by atoms with van der Waals surface area (Å²) in [6.07, 6.45) is 21.6. The van der Waals surface area contributed by atoms with Gasteiger partial charge in [-0.25, -0.2) is 0 Å². The third kappa shape index (κ3) is 7.64. The Balaban J connectivity index is 1.75. The second-order valence-corrected chi connectivity index (χ2v) is 11.3. The van der Waals surface area contributed by atoms with Crippen LogP contribution in [-0.2, 0) is 12.8 Å². The Bertz CT molecular complexity index is 979. The summed E-state index contributed by atoms with van der Waals surface area (Å²) in [5.74, 6) is 0.952. The van der Waals surface area contributed by atoms with Crippen LogP contribution in [0.15, 0.2) is 59.5 Å². The number of aliphatic hydroxyl groups excluding tert-OH is 1. The summed E-state index contributed by atoms with van der Waals surface area (Å²) in [6, 6.07) is 5.30. The van der Waals surface area contributed by atoms with Gasteiger partial charge in [0.2, 0.25) is 0 Å². The Hall–Kier alpha value is -2.22. The minimum atomic E-state index is 0.0841. The molecule has 2 aliphatic rings.